The third-order valence-corrected chi connectivity index (χ3v) is 7.87. The molecule has 1 heterocycles. The van der Waals surface area contributed by atoms with Crippen molar-refractivity contribution in [1.29, 1.82) is 0 Å². The Labute approximate surface area is 194 Å². The molecule has 0 radical (unpaired) electrons. The minimum Gasteiger partial charge on any atom is -0.376 e. The van der Waals surface area contributed by atoms with E-state index >= 15 is 0 Å². The Morgan fingerprint density at radius 3 is 2.41 bits per heavy atom. The minimum atomic E-state index is -3.58. The number of carbonyl (C=O) groups is 2. The van der Waals surface area contributed by atoms with Gasteiger partial charge in [-0.1, -0.05) is 11.6 Å². The summed E-state index contributed by atoms with van der Waals surface area (Å²) in [6.07, 6.45) is 4.86. The molecule has 1 unspecified atom stereocenters. The normalized spacial score (nSPS) is 24.6. The van der Waals surface area contributed by atoms with Crippen LogP contribution < -0.4 is 15.4 Å². The Morgan fingerprint density at radius 2 is 1.78 bits per heavy atom. The van der Waals surface area contributed by atoms with Crippen molar-refractivity contribution >= 4 is 33.4 Å². The summed E-state index contributed by atoms with van der Waals surface area (Å²) < 4.78 is 33.0. The third kappa shape index (κ3) is 7.16. The summed E-state index contributed by atoms with van der Waals surface area (Å²) in [7, 11) is -3.58. The third-order valence-electron chi connectivity index (χ3n) is 6.18. The molecular formula is C22H32ClN3O5S. The highest BCUT2D eigenvalue weighted by atomic mass is 35.5. The fraction of sp³-hybridized carbons (Fsp3) is 0.636. The van der Waals surface area contributed by atoms with Gasteiger partial charge in [-0.15, -0.1) is 0 Å². The molecule has 3 N–H and O–H groups in total. The summed E-state index contributed by atoms with van der Waals surface area (Å²) in [4.78, 5) is 25.0. The average molecular weight is 486 g/mol. The molecule has 8 nitrogen and oxygen atoms in total. The molecule has 1 aromatic carbocycles. The molecule has 2 fully saturated rings. The van der Waals surface area contributed by atoms with Crippen LogP contribution in [0.1, 0.15) is 45.4 Å². The molecule has 1 saturated heterocycles. The van der Waals surface area contributed by atoms with Crippen LogP contribution in [0.4, 0.5) is 0 Å². The van der Waals surface area contributed by atoms with E-state index in [9.17, 15) is 18.0 Å². The van der Waals surface area contributed by atoms with Crippen molar-refractivity contribution in [3.8, 4) is 0 Å². The van der Waals surface area contributed by atoms with E-state index in [4.69, 9.17) is 16.3 Å². The van der Waals surface area contributed by atoms with Crippen molar-refractivity contribution in [3.63, 3.8) is 0 Å². The number of carbonyl (C=O) groups excluding carboxylic acids is 2. The molecule has 2 atom stereocenters. The number of sulfonamides is 1. The highest BCUT2D eigenvalue weighted by Crippen LogP contribution is 2.29. The fourth-order valence-corrected chi connectivity index (χ4v) is 5.37. The molecule has 10 heteroatoms. The van der Waals surface area contributed by atoms with Gasteiger partial charge < -0.3 is 15.4 Å². The molecule has 0 aromatic heterocycles. The largest absolute Gasteiger partial charge is 0.376 e. The van der Waals surface area contributed by atoms with Gasteiger partial charge in [0.1, 0.15) is 6.04 Å². The van der Waals surface area contributed by atoms with E-state index in [0.29, 0.717) is 31.0 Å². The summed E-state index contributed by atoms with van der Waals surface area (Å²) >= 11 is 5.82. The first-order valence-electron chi connectivity index (χ1n) is 11.2. The first-order chi connectivity index (χ1) is 15.2. The van der Waals surface area contributed by atoms with E-state index in [0.717, 1.165) is 32.3 Å². The molecule has 1 aliphatic heterocycles. The molecule has 0 spiro atoms. The second kappa shape index (κ2) is 11.4. The molecular weight excluding hydrogens is 454 g/mol. The number of hydrogen-bond donors (Lipinski definition) is 3. The highest BCUT2D eigenvalue weighted by molar-refractivity contribution is 7.89. The summed E-state index contributed by atoms with van der Waals surface area (Å²) in [6, 6.07) is 5.44. The van der Waals surface area contributed by atoms with Crippen LogP contribution in [0, 0.1) is 11.8 Å². The molecule has 32 heavy (non-hydrogen) atoms. The summed E-state index contributed by atoms with van der Waals surface area (Å²) in [5.41, 5.74) is 0. The topological polar surface area (TPSA) is 114 Å². The second-order valence-electron chi connectivity index (χ2n) is 8.63. The Bertz CT molecular complexity index is 879. The van der Waals surface area contributed by atoms with Gasteiger partial charge in [-0.3, -0.25) is 9.59 Å². The van der Waals surface area contributed by atoms with E-state index in [1.807, 2.05) is 0 Å². The predicted octanol–water partition coefficient (Wildman–Crippen LogP) is 2.22. The monoisotopic (exact) mass is 485 g/mol. The van der Waals surface area contributed by atoms with Gasteiger partial charge in [0.15, 0.2) is 0 Å². The Hall–Kier alpha value is -1.68. The zero-order valence-electron chi connectivity index (χ0n) is 18.3. The van der Waals surface area contributed by atoms with Crippen molar-refractivity contribution in [1.82, 2.24) is 15.4 Å². The molecule has 0 bridgehead atoms. The maximum Gasteiger partial charge on any atom is 0.242 e. The lowest BCUT2D eigenvalue weighted by atomic mass is 9.81. The van der Waals surface area contributed by atoms with Crippen molar-refractivity contribution in [2.24, 2.45) is 11.8 Å². The number of nitrogens with one attached hydrogen (secondary N) is 3. The standard InChI is InChI=1S/C22H32ClN3O5S/c1-15(21(27)24-14-19-3-2-12-31-19)26-22(28)17-6-4-16(5-7-17)13-25-32(29,30)20-10-8-18(23)9-11-20/h8-11,15-17,19,25H,2-7,12-14H2,1H3,(H,24,27)(H,26,28)/t15-,16?,17?,19?/m0/s1. The Kier molecular flexibility index (Phi) is 8.93. The second-order valence-corrected chi connectivity index (χ2v) is 10.8. The molecule has 2 aliphatic rings. The van der Waals surface area contributed by atoms with Crippen LogP contribution in [-0.2, 0) is 24.3 Å². The molecule has 1 aliphatic carbocycles. The average Bonchev–Trinajstić information content (AvgIpc) is 3.30. The Balaban J connectivity index is 1.37. The van der Waals surface area contributed by atoms with Gasteiger partial charge >= 0.3 is 0 Å². The van der Waals surface area contributed by atoms with Gasteiger partial charge in [-0.2, -0.15) is 0 Å². The van der Waals surface area contributed by atoms with Crippen LogP contribution >= 0.6 is 11.6 Å². The number of benzene rings is 1. The maximum atomic E-state index is 12.6. The summed E-state index contributed by atoms with van der Waals surface area (Å²) in [5, 5.41) is 6.13. The van der Waals surface area contributed by atoms with Gasteiger partial charge in [0.2, 0.25) is 21.8 Å². The fourth-order valence-electron chi connectivity index (χ4n) is 4.12. The van der Waals surface area contributed by atoms with Gasteiger partial charge in [0.25, 0.3) is 0 Å². The lowest BCUT2D eigenvalue weighted by molar-refractivity contribution is -0.131. The predicted molar refractivity (Wildman–Crippen MR) is 122 cm³/mol. The van der Waals surface area contributed by atoms with E-state index in [1.54, 1.807) is 19.1 Å². The highest BCUT2D eigenvalue weighted by Gasteiger charge is 2.29. The van der Waals surface area contributed by atoms with E-state index in [-0.39, 0.29) is 34.6 Å². The van der Waals surface area contributed by atoms with Crippen LogP contribution in [0.2, 0.25) is 5.02 Å². The Morgan fingerprint density at radius 1 is 1.09 bits per heavy atom. The zero-order valence-corrected chi connectivity index (χ0v) is 19.9. The first kappa shape index (κ1) is 25.0. The van der Waals surface area contributed by atoms with Crippen LogP contribution in [-0.4, -0.2) is 52.1 Å². The van der Waals surface area contributed by atoms with Crippen molar-refractivity contribution in [2.45, 2.75) is 62.5 Å². The smallest absolute Gasteiger partial charge is 0.242 e. The van der Waals surface area contributed by atoms with Crippen LogP contribution in [0.5, 0.6) is 0 Å². The lowest BCUT2D eigenvalue weighted by Gasteiger charge is -2.28. The number of rotatable bonds is 9. The van der Waals surface area contributed by atoms with Crippen molar-refractivity contribution in [2.75, 3.05) is 19.7 Å². The molecule has 1 aromatic rings. The number of ether oxygens (including phenoxy) is 1. The lowest BCUT2D eigenvalue weighted by Crippen LogP contribution is -2.48. The number of hydrogen-bond acceptors (Lipinski definition) is 5. The zero-order chi connectivity index (χ0) is 23.1. The minimum absolute atomic E-state index is 0.0641. The summed E-state index contributed by atoms with van der Waals surface area (Å²) in [5.74, 6) is -0.315. The quantitative estimate of drug-likeness (QED) is 0.496. The van der Waals surface area contributed by atoms with E-state index < -0.39 is 16.1 Å². The molecule has 3 rings (SSSR count). The van der Waals surface area contributed by atoms with E-state index in [2.05, 4.69) is 15.4 Å². The SMILES string of the molecule is C[C@H](NC(=O)C1CCC(CNS(=O)(=O)c2ccc(Cl)cc2)CC1)C(=O)NCC1CCCO1. The first-order valence-corrected chi connectivity index (χ1v) is 13.1. The van der Waals surface area contributed by atoms with Gasteiger partial charge in [0, 0.05) is 30.6 Å². The maximum absolute atomic E-state index is 12.6. The molecule has 178 valence electrons. The van der Waals surface area contributed by atoms with Crippen LogP contribution in [0.3, 0.4) is 0 Å². The van der Waals surface area contributed by atoms with Crippen LogP contribution in [0.25, 0.3) is 0 Å². The molecule has 2 amide bonds. The summed E-state index contributed by atoms with van der Waals surface area (Å²) in [6.45, 7) is 3.22. The van der Waals surface area contributed by atoms with Gasteiger partial charge in [-0.25, -0.2) is 13.1 Å². The van der Waals surface area contributed by atoms with Crippen molar-refractivity contribution in [3.05, 3.63) is 29.3 Å². The van der Waals surface area contributed by atoms with Crippen molar-refractivity contribution < 1.29 is 22.7 Å². The van der Waals surface area contributed by atoms with Gasteiger partial charge in [0.05, 0.1) is 11.0 Å². The number of halogens is 1. The van der Waals surface area contributed by atoms with Gasteiger partial charge in [-0.05, 0) is 75.6 Å². The van der Waals surface area contributed by atoms with Crippen LogP contribution in [0.15, 0.2) is 29.2 Å². The number of amides is 2. The van der Waals surface area contributed by atoms with E-state index in [1.165, 1.54) is 12.1 Å². The molecule has 1 saturated carbocycles.